The third-order valence-electron chi connectivity index (χ3n) is 18.7. The fraction of sp³-hybridized carbons (Fsp3) is 0.149. The third kappa shape index (κ3) is 10.5. The van der Waals surface area contributed by atoms with Crippen molar-refractivity contribution >= 4 is 5.57 Å². The van der Waals surface area contributed by atoms with Crippen LogP contribution in [0.2, 0.25) is 0 Å². The van der Waals surface area contributed by atoms with Crippen molar-refractivity contribution in [2.24, 2.45) is 0 Å². The number of benzene rings is 12. The summed E-state index contributed by atoms with van der Waals surface area (Å²) in [7, 11) is 0. The molecule has 3 atom stereocenters. The second kappa shape index (κ2) is 22.7. The Kier molecular flexibility index (Phi) is 14.4. The van der Waals surface area contributed by atoms with Crippen LogP contribution in [-0.2, 0) is 17.3 Å². The van der Waals surface area contributed by atoms with Crippen molar-refractivity contribution in [1.29, 1.82) is 0 Å². The van der Waals surface area contributed by atoms with Crippen LogP contribution < -0.4 is 0 Å². The van der Waals surface area contributed by atoms with Crippen molar-refractivity contribution in [2.45, 2.75) is 83.5 Å². The molecule has 87 heavy (non-hydrogen) atoms. The number of fused-ring (bicyclic) bond motifs is 7. The number of allylic oxidation sites excluding steroid dienone is 1. The van der Waals surface area contributed by atoms with E-state index < -0.39 is 0 Å². The summed E-state index contributed by atoms with van der Waals surface area (Å²) in [5.41, 5.74) is 33.3. The SMILES string of the molecule is Cc1cc(C2c3ccccc3-c3cc(C(C)(C)C)ccc3C(c3ccccc3)c3ccc(C(C)(C)C)cc3-c3ccc(Cc4cccc(C5C=C(c6c(-c7ccccc7)cccc6-c6ccccc6)c6ccccc65)c4)cc32)ccc1-c1ccccc1. The summed E-state index contributed by atoms with van der Waals surface area (Å²) in [4.78, 5) is 0. The van der Waals surface area contributed by atoms with Crippen molar-refractivity contribution in [3.8, 4) is 55.6 Å². The van der Waals surface area contributed by atoms with Gasteiger partial charge in [0.15, 0.2) is 0 Å². The minimum absolute atomic E-state index is 0.0430. The lowest BCUT2D eigenvalue weighted by Crippen LogP contribution is -2.17. The van der Waals surface area contributed by atoms with Gasteiger partial charge in [0.1, 0.15) is 0 Å². The van der Waals surface area contributed by atoms with Gasteiger partial charge in [-0.1, -0.05) is 333 Å². The summed E-state index contributed by atoms with van der Waals surface area (Å²) in [5.74, 6) is -0.0870. The first-order chi connectivity index (χ1) is 42.3. The van der Waals surface area contributed by atoms with E-state index in [1.54, 1.807) is 0 Å². The van der Waals surface area contributed by atoms with Crippen LogP contribution in [-0.4, -0.2) is 0 Å². The molecular formula is C87H74. The second-order valence-electron chi connectivity index (χ2n) is 26.4. The molecule has 0 aliphatic heterocycles. The van der Waals surface area contributed by atoms with Crippen LogP contribution in [0, 0.1) is 6.92 Å². The van der Waals surface area contributed by atoms with Gasteiger partial charge in [0.25, 0.3) is 0 Å². The van der Waals surface area contributed by atoms with Gasteiger partial charge in [-0.2, -0.15) is 0 Å². The van der Waals surface area contributed by atoms with E-state index >= 15 is 0 Å². The Bertz CT molecular complexity index is 4490. The van der Waals surface area contributed by atoms with Crippen molar-refractivity contribution in [3.05, 3.63) is 375 Å². The normalized spacial score (nSPS) is 15.3. The Balaban J connectivity index is 0.971. The molecule has 0 heteroatoms. The molecule has 14 rings (SSSR count). The van der Waals surface area contributed by atoms with Gasteiger partial charge in [-0.15, -0.1) is 0 Å². The van der Waals surface area contributed by atoms with Gasteiger partial charge in [0.05, 0.1) is 0 Å². The van der Waals surface area contributed by atoms with E-state index in [1.165, 1.54) is 145 Å². The molecule has 0 heterocycles. The molecule has 12 aromatic rings. The molecule has 0 aromatic heterocycles. The minimum Gasteiger partial charge on any atom is -0.0641 e. The molecule has 0 bridgehead atoms. The number of aryl methyl sites for hydroxylation is 1. The average molecular weight is 1120 g/mol. The van der Waals surface area contributed by atoms with E-state index in [0.717, 1.165) is 6.42 Å². The van der Waals surface area contributed by atoms with Crippen molar-refractivity contribution < 1.29 is 0 Å². The average Bonchev–Trinajstić information content (AvgIpc) is 1.66. The zero-order chi connectivity index (χ0) is 59.4. The topological polar surface area (TPSA) is 0 Å². The Morgan fingerprint density at radius 1 is 0.287 bits per heavy atom. The first-order valence-corrected chi connectivity index (χ1v) is 31.2. The molecule has 0 saturated heterocycles. The molecule has 12 aromatic carbocycles. The zero-order valence-electron chi connectivity index (χ0n) is 51.2. The molecule has 0 N–H and O–H groups in total. The van der Waals surface area contributed by atoms with Gasteiger partial charge in [-0.05, 0) is 169 Å². The van der Waals surface area contributed by atoms with E-state index in [0.29, 0.717) is 0 Å². The van der Waals surface area contributed by atoms with E-state index in [2.05, 4.69) is 340 Å². The smallest absolute Gasteiger partial charge is 0.0352 e. The van der Waals surface area contributed by atoms with E-state index in [4.69, 9.17) is 0 Å². The number of hydrogen-bond acceptors (Lipinski definition) is 0. The van der Waals surface area contributed by atoms with Gasteiger partial charge < -0.3 is 0 Å². The van der Waals surface area contributed by atoms with Crippen LogP contribution in [0.3, 0.4) is 0 Å². The quantitative estimate of drug-likeness (QED) is 0.135. The largest absolute Gasteiger partial charge is 0.0641 e. The molecule has 3 unspecified atom stereocenters. The lowest BCUT2D eigenvalue weighted by atomic mass is 9.70. The molecule has 0 saturated carbocycles. The Morgan fingerprint density at radius 2 is 0.736 bits per heavy atom. The van der Waals surface area contributed by atoms with Crippen molar-refractivity contribution in [1.82, 2.24) is 0 Å². The number of rotatable bonds is 9. The first kappa shape index (κ1) is 55.3. The zero-order valence-corrected chi connectivity index (χ0v) is 51.2. The second-order valence-corrected chi connectivity index (χ2v) is 26.4. The highest BCUT2D eigenvalue weighted by Gasteiger charge is 2.34. The molecule has 0 spiro atoms. The minimum atomic E-state index is -0.116. The van der Waals surface area contributed by atoms with Crippen LogP contribution in [0.25, 0.3) is 61.2 Å². The predicted molar refractivity (Wildman–Crippen MR) is 368 cm³/mol. The highest BCUT2D eigenvalue weighted by Crippen LogP contribution is 2.53. The molecule has 0 fully saturated rings. The van der Waals surface area contributed by atoms with E-state index in [1.807, 2.05) is 0 Å². The van der Waals surface area contributed by atoms with Crippen LogP contribution in [0.5, 0.6) is 0 Å². The maximum Gasteiger partial charge on any atom is 0.0352 e. The molecule has 0 radical (unpaired) electrons. The van der Waals surface area contributed by atoms with Crippen LogP contribution >= 0.6 is 0 Å². The predicted octanol–water partition coefficient (Wildman–Crippen LogP) is 22.8. The first-order valence-electron chi connectivity index (χ1n) is 31.2. The highest BCUT2D eigenvalue weighted by atomic mass is 14.4. The molecular weight excluding hydrogens is 1040 g/mol. The highest BCUT2D eigenvalue weighted by molar-refractivity contribution is 5.99. The Morgan fingerprint density at radius 3 is 1.32 bits per heavy atom. The summed E-state index contributed by atoms with van der Waals surface area (Å²) < 4.78 is 0. The van der Waals surface area contributed by atoms with Crippen LogP contribution in [0.1, 0.15) is 143 Å². The molecule has 0 nitrogen and oxygen atoms in total. The van der Waals surface area contributed by atoms with Crippen LogP contribution in [0.15, 0.2) is 291 Å². The van der Waals surface area contributed by atoms with Gasteiger partial charge in [0, 0.05) is 17.8 Å². The van der Waals surface area contributed by atoms with Gasteiger partial charge in [0.2, 0.25) is 0 Å². The van der Waals surface area contributed by atoms with Crippen molar-refractivity contribution in [3.63, 3.8) is 0 Å². The summed E-state index contributed by atoms with van der Waals surface area (Å²) in [6, 6.07) is 108. The van der Waals surface area contributed by atoms with Crippen molar-refractivity contribution in [2.75, 3.05) is 0 Å². The molecule has 2 aliphatic carbocycles. The Labute approximate surface area is 516 Å². The summed E-state index contributed by atoms with van der Waals surface area (Å²) in [6.45, 7) is 16.4. The standard InChI is InChI=1S/C87H74/c1-57-50-65(43-47-68(57)60-27-12-8-13-28-60)84-75-39-23-22-38-73(75)79-54-66(86(2,3)4)44-48-76(79)83(63-33-18-11-19-34-63)77-49-45-67(87(5,6)7)55-80(77)74-46-42-59(53-81(74)84)51-58-26-24-35-64(52-58)78-56-82(72-37-21-20-36-71(72)78)85-69(61-29-14-9-15-30-61)40-25-41-70(85)62-31-16-10-17-32-62/h8-50,52-56,78,83-84H,51H2,1-7H3. The van der Waals surface area contributed by atoms with E-state index in [-0.39, 0.29) is 28.6 Å². The lowest BCUT2D eigenvalue weighted by molar-refractivity contribution is 0.590. The monoisotopic (exact) mass is 1120 g/mol. The maximum absolute atomic E-state index is 2.59. The number of hydrogen-bond donors (Lipinski definition) is 0. The lowest BCUT2D eigenvalue weighted by Gasteiger charge is -2.33. The molecule has 0 amide bonds. The van der Waals surface area contributed by atoms with Gasteiger partial charge in [-0.3, -0.25) is 0 Å². The van der Waals surface area contributed by atoms with Gasteiger partial charge in [-0.25, -0.2) is 0 Å². The summed E-state index contributed by atoms with van der Waals surface area (Å²) in [6.07, 6.45) is 3.33. The summed E-state index contributed by atoms with van der Waals surface area (Å²) >= 11 is 0. The molecule has 422 valence electrons. The Hall–Kier alpha value is -9.62. The maximum atomic E-state index is 2.59. The van der Waals surface area contributed by atoms with Crippen LogP contribution in [0.4, 0.5) is 0 Å². The van der Waals surface area contributed by atoms with Gasteiger partial charge >= 0.3 is 0 Å². The molecule has 2 aliphatic rings. The summed E-state index contributed by atoms with van der Waals surface area (Å²) in [5, 5.41) is 0. The fourth-order valence-electron chi connectivity index (χ4n) is 14.3. The fourth-order valence-corrected chi connectivity index (χ4v) is 14.3. The third-order valence-corrected chi connectivity index (χ3v) is 18.7. The van der Waals surface area contributed by atoms with E-state index in [9.17, 15) is 0 Å².